The number of hydrogen-bond acceptors (Lipinski definition) is 3. The second kappa shape index (κ2) is 10.8. The fourth-order valence-electron chi connectivity index (χ4n) is 6.27. The van der Waals surface area contributed by atoms with Gasteiger partial charge in [0.05, 0.1) is 12.2 Å². The van der Waals surface area contributed by atoms with Gasteiger partial charge in [0.25, 0.3) is 0 Å². The molecule has 0 amide bonds. The molecule has 4 atom stereocenters. The Hall–Kier alpha value is -2.30. The Morgan fingerprint density at radius 3 is 2.19 bits per heavy atom. The number of para-hydroxylation sites is 2. The first-order valence-electron chi connectivity index (χ1n) is 13.0. The number of rotatable bonds is 2. The Kier molecular flexibility index (Phi) is 8.11. The normalized spacial score (nSPS) is 25.5. The number of pyridine rings is 1. The molecular weight excluding hydrogens is 637 g/mol. The Morgan fingerprint density at radius 2 is 1.49 bits per heavy atom. The van der Waals surface area contributed by atoms with Crippen molar-refractivity contribution in [3.05, 3.63) is 85.1 Å². The molecule has 1 radical (unpaired) electrons. The van der Waals surface area contributed by atoms with Crippen LogP contribution in [-0.4, -0.2) is 32.0 Å². The molecule has 2 fully saturated rings. The molecule has 0 spiro atoms. The van der Waals surface area contributed by atoms with Crippen LogP contribution in [0.2, 0.25) is 0 Å². The summed E-state index contributed by atoms with van der Waals surface area (Å²) in [6, 6.07) is 28.1. The van der Waals surface area contributed by atoms with E-state index >= 15 is 0 Å². The van der Waals surface area contributed by atoms with Gasteiger partial charge in [-0.05, 0) is 65.4 Å². The molecule has 0 bridgehead atoms. The zero-order valence-corrected chi connectivity index (χ0v) is 24.5. The minimum atomic E-state index is -0.340. The SMILES string of the molecule is CC1(C)CCC2CC(C)(C)C(O)C2C1O.[Ir].[c-]1c(-c2ccccn2)n(-c2ccccc2)c2ccccc12. The minimum Gasteiger partial charge on any atom is -0.392 e. The van der Waals surface area contributed by atoms with Crippen LogP contribution in [0.4, 0.5) is 0 Å². The van der Waals surface area contributed by atoms with Gasteiger partial charge in [0.1, 0.15) is 0 Å². The van der Waals surface area contributed by atoms with E-state index in [1.807, 2.05) is 48.7 Å². The van der Waals surface area contributed by atoms with Gasteiger partial charge in [-0.25, -0.2) is 0 Å². The third-order valence-electron chi connectivity index (χ3n) is 8.37. The smallest absolute Gasteiger partial charge is 0.0646 e. The zero-order valence-electron chi connectivity index (χ0n) is 22.1. The molecule has 2 heterocycles. The predicted molar refractivity (Wildman–Crippen MR) is 146 cm³/mol. The van der Waals surface area contributed by atoms with Crippen LogP contribution in [-0.2, 0) is 20.1 Å². The van der Waals surface area contributed by atoms with E-state index in [1.165, 1.54) is 0 Å². The molecule has 0 saturated heterocycles. The third-order valence-corrected chi connectivity index (χ3v) is 8.37. The van der Waals surface area contributed by atoms with Gasteiger partial charge in [0, 0.05) is 43.6 Å². The van der Waals surface area contributed by atoms with Crippen molar-refractivity contribution in [1.82, 2.24) is 9.55 Å². The van der Waals surface area contributed by atoms with Gasteiger partial charge in [-0.3, -0.25) is 0 Å². The van der Waals surface area contributed by atoms with Crippen LogP contribution in [0.3, 0.4) is 0 Å². The summed E-state index contributed by atoms with van der Waals surface area (Å²) in [4.78, 5) is 4.48. The second-order valence-electron chi connectivity index (χ2n) is 11.8. The average molecular weight is 674 g/mol. The van der Waals surface area contributed by atoms with Gasteiger partial charge in [-0.1, -0.05) is 70.2 Å². The standard InChI is InChI=1S/C19H13N2.C13H24O2.Ir/c1-2-9-16(10-3-1)21-18-12-5-4-8-15(18)14-19(21)17-11-6-7-13-20-17;1-12(2)6-5-8-7-13(3,4)11(15)9(8)10(12)14;/h1-13H;8-11,14-15H,5-7H2,1-4H3;/q-1;;. The minimum absolute atomic E-state index is 0. The van der Waals surface area contributed by atoms with Gasteiger partial charge in [-0.15, -0.1) is 23.6 Å². The van der Waals surface area contributed by atoms with Crippen LogP contribution in [0.15, 0.2) is 79.0 Å². The summed E-state index contributed by atoms with van der Waals surface area (Å²) in [5, 5.41) is 21.7. The Balaban J connectivity index is 0.000000178. The van der Waals surface area contributed by atoms with Crippen LogP contribution in [0.1, 0.15) is 47.0 Å². The fraction of sp³-hybridized carbons (Fsp3) is 0.406. The first-order chi connectivity index (χ1) is 17.2. The van der Waals surface area contributed by atoms with Gasteiger partial charge in [-0.2, -0.15) is 0 Å². The van der Waals surface area contributed by atoms with Gasteiger partial charge in [0.2, 0.25) is 0 Å². The van der Waals surface area contributed by atoms with Crippen molar-refractivity contribution in [2.45, 2.75) is 59.2 Å². The van der Waals surface area contributed by atoms with Crippen molar-refractivity contribution in [2.75, 3.05) is 0 Å². The van der Waals surface area contributed by atoms with Crippen molar-refractivity contribution < 1.29 is 30.3 Å². The van der Waals surface area contributed by atoms with Crippen molar-refractivity contribution >= 4 is 10.9 Å². The molecule has 2 aliphatic rings. The molecule has 2 N–H and O–H groups in total. The van der Waals surface area contributed by atoms with Crippen molar-refractivity contribution in [1.29, 1.82) is 0 Å². The molecule has 197 valence electrons. The predicted octanol–water partition coefficient (Wildman–Crippen LogP) is 6.68. The molecule has 4 nitrogen and oxygen atoms in total. The number of aliphatic hydroxyl groups is 2. The summed E-state index contributed by atoms with van der Waals surface area (Å²) in [5.41, 5.74) is 4.14. The zero-order chi connectivity index (χ0) is 25.5. The first-order valence-corrected chi connectivity index (χ1v) is 13.0. The summed E-state index contributed by atoms with van der Waals surface area (Å²) in [6.45, 7) is 8.48. The maximum Gasteiger partial charge on any atom is 0.0646 e. The molecule has 2 aromatic carbocycles. The van der Waals surface area contributed by atoms with Crippen LogP contribution >= 0.6 is 0 Å². The van der Waals surface area contributed by atoms with E-state index in [0.717, 1.165) is 47.2 Å². The molecule has 4 unspecified atom stereocenters. The van der Waals surface area contributed by atoms with E-state index in [1.54, 1.807) is 0 Å². The molecule has 0 aliphatic heterocycles. The second-order valence-corrected chi connectivity index (χ2v) is 11.8. The van der Waals surface area contributed by atoms with Crippen molar-refractivity contribution in [3.63, 3.8) is 0 Å². The molecule has 2 aliphatic carbocycles. The van der Waals surface area contributed by atoms with Gasteiger partial charge in [0.15, 0.2) is 0 Å². The molecule has 37 heavy (non-hydrogen) atoms. The number of benzene rings is 2. The largest absolute Gasteiger partial charge is 0.392 e. The molecule has 4 aromatic rings. The third kappa shape index (κ3) is 5.33. The number of fused-ring (bicyclic) bond motifs is 2. The van der Waals surface area contributed by atoms with Gasteiger partial charge < -0.3 is 19.8 Å². The average Bonchev–Trinajstić information content (AvgIpc) is 3.38. The monoisotopic (exact) mass is 674 g/mol. The summed E-state index contributed by atoms with van der Waals surface area (Å²) in [6.07, 6.45) is 4.44. The van der Waals surface area contributed by atoms with E-state index < -0.39 is 0 Å². The van der Waals surface area contributed by atoms with E-state index in [-0.39, 0.29) is 49.1 Å². The fourth-order valence-corrected chi connectivity index (χ4v) is 6.27. The van der Waals surface area contributed by atoms with Crippen molar-refractivity contribution in [2.24, 2.45) is 22.7 Å². The maximum absolute atomic E-state index is 10.3. The Labute approximate surface area is 234 Å². The van der Waals surface area contributed by atoms with Crippen molar-refractivity contribution in [3.8, 4) is 17.1 Å². The number of hydrogen-bond donors (Lipinski definition) is 2. The summed E-state index contributed by atoms with van der Waals surface area (Å²) >= 11 is 0. The summed E-state index contributed by atoms with van der Waals surface area (Å²) < 4.78 is 2.21. The molecule has 6 rings (SSSR count). The quantitative estimate of drug-likeness (QED) is 0.234. The number of nitrogens with zero attached hydrogens (tertiary/aromatic N) is 2. The molecular formula is C32H37IrN2O2-. The van der Waals surface area contributed by atoms with Crippen LogP contribution in [0, 0.1) is 28.7 Å². The van der Waals surface area contributed by atoms with E-state index in [2.05, 4.69) is 73.6 Å². The Morgan fingerprint density at radius 1 is 0.838 bits per heavy atom. The topological polar surface area (TPSA) is 58.3 Å². The first kappa shape index (κ1) is 27.7. The molecule has 2 saturated carbocycles. The number of aromatic nitrogens is 2. The molecule has 5 heteroatoms. The van der Waals surface area contributed by atoms with Crippen LogP contribution < -0.4 is 0 Å². The van der Waals surface area contributed by atoms with E-state index in [0.29, 0.717) is 5.92 Å². The van der Waals surface area contributed by atoms with Gasteiger partial charge >= 0.3 is 0 Å². The molecule has 2 aromatic heterocycles. The van der Waals surface area contributed by atoms with Crippen LogP contribution in [0.25, 0.3) is 28.0 Å². The van der Waals surface area contributed by atoms with E-state index in [9.17, 15) is 10.2 Å². The Bertz CT molecular complexity index is 1310. The summed E-state index contributed by atoms with van der Waals surface area (Å²) in [7, 11) is 0. The van der Waals surface area contributed by atoms with Crippen LogP contribution in [0.5, 0.6) is 0 Å². The maximum atomic E-state index is 10.3. The van der Waals surface area contributed by atoms with E-state index in [4.69, 9.17) is 0 Å². The number of aliphatic hydroxyl groups excluding tert-OH is 2. The summed E-state index contributed by atoms with van der Waals surface area (Å²) in [5.74, 6) is 0.627.